The van der Waals surface area contributed by atoms with Gasteiger partial charge in [0.15, 0.2) is 0 Å². The van der Waals surface area contributed by atoms with Crippen molar-refractivity contribution in [1.82, 2.24) is 0 Å². The third kappa shape index (κ3) is 4.70. The van der Waals surface area contributed by atoms with Crippen molar-refractivity contribution in [2.75, 3.05) is 17.7 Å². The second-order valence-electron chi connectivity index (χ2n) is 4.91. The van der Waals surface area contributed by atoms with Crippen LogP contribution in [0.1, 0.15) is 17.3 Å². The van der Waals surface area contributed by atoms with Gasteiger partial charge in [-0.2, -0.15) is 0 Å². The van der Waals surface area contributed by atoms with E-state index >= 15 is 0 Å². The number of halogens is 4. The van der Waals surface area contributed by atoms with Gasteiger partial charge >= 0.3 is 0 Å². The van der Waals surface area contributed by atoms with Gasteiger partial charge in [-0.3, -0.25) is 9.59 Å². The zero-order valence-electron chi connectivity index (χ0n) is 13.0. The molecule has 2 aromatic carbocycles. The van der Waals surface area contributed by atoms with Crippen molar-refractivity contribution < 1.29 is 14.3 Å². The van der Waals surface area contributed by atoms with Crippen molar-refractivity contribution in [3.63, 3.8) is 0 Å². The van der Waals surface area contributed by atoms with E-state index < -0.39 is 5.91 Å². The van der Waals surface area contributed by atoms with E-state index in [9.17, 15) is 9.59 Å². The maximum atomic E-state index is 12.6. The van der Waals surface area contributed by atoms with Crippen molar-refractivity contribution >= 4 is 69.6 Å². The Hall–Kier alpha value is -1.66. The molecule has 2 amide bonds. The topological polar surface area (TPSA) is 67.4 Å². The molecule has 5 nitrogen and oxygen atoms in total. The van der Waals surface area contributed by atoms with Gasteiger partial charge in [0.25, 0.3) is 5.91 Å². The van der Waals surface area contributed by atoms with Gasteiger partial charge in [-0.25, -0.2) is 0 Å². The summed E-state index contributed by atoms with van der Waals surface area (Å²) in [4.78, 5) is 23.8. The largest absolute Gasteiger partial charge is 0.496 e. The predicted molar refractivity (Wildman–Crippen MR) is 102 cm³/mol. The van der Waals surface area contributed by atoms with Crippen LogP contribution in [0.5, 0.6) is 5.75 Å². The molecular weight excluding hydrogens is 410 g/mol. The number of carbonyl (C=O) groups excluding carboxylic acids is 2. The highest BCUT2D eigenvalue weighted by Crippen LogP contribution is 2.34. The first-order chi connectivity index (χ1) is 11.7. The summed E-state index contributed by atoms with van der Waals surface area (Å²) >= 11 is 24.0. The molecule has 0 aliphatic carbocycles. The molecule has 0 spiro atoms. The molecule has 0 aromatic heterocycles. The molecule has 2 aromatic rings. The van der Waals surface area contributed by atoms with Gasteiger partial charge in [0.05, 0.1) is 44.1 Å². The number of ether oxygens (including phenoxy) is 1. The first-order valence-electron chi connectivity index (χ1n) is 6.84. The lowest BCUT2D eigenvalue weighted by Crippen LogP contribution is -2.14. The minimum Gasteiger partial charge on any atom is -0.496 e. The fourth-order valence-electron chi connectivity index (χ4n) is 1.99. The van der Waals surface area contributed by atoms with Gasteiger partial charge < -0.3 is 15.4 Å². The third-order valence-corrected chi connectivity index (χ3v) is 4.45. The van der Waals surface area contributed by atoms with Crippen LogP contribution >= 0.6 is 46.4 Å². The maximum Gasteiger partial charge on any atom is 0.259 e. The van der Waals surface area contributed by atoms with Gasteiger partial charge in [-0.05, 0) is 18.2 Å². The molecule has 0 radical (unpaired) electrons. The number of carbonyl (C=O) groups is 2. The molecule has 0 aliphatic rings. The van der Waals surface area contributed by atoms with E-state index in [0.29, 0.717) is 5.69 Å². The minimum atomic E-state index is -0.520. The molecule has 0 heterocycles. The first-order valence-corrected chi connectivity index (χ1v) is 8.35. The van der Waals surface area contributed by atoms with E-state index in [2.05, 4.69) is 10.6 Å². The van der Waals surface area contributed by atoms with E-state index in [1.807, 2.05) is 0 Å². The van der Waals surface area contributed by atoms with Crippen LogP contribution in [0.3, 0.4) is 0 Å². The van der Waals surface area contributed by atoms with Gasteiger partial charge in [0, 0.05) is 13.0 Å². The highest BCUT2D eigenvalue weighted by molar-refractivity contribution is 6.44. The number of rotatable bonds is 4. The van der Waals surface area contributed by atoms with Gasteiger partial charge in [-0.15, -0.1) is 0 Å². The van der Waals surface area contributed by atoms with Crippen molar-refractivity contribution in [2.45, 2.75) is 6.92 Å². The molecule has 0 aliphatic heterocycles. The van der Waals surface area contributed by atoms with Crippen LogP contribution in [-0.2, 0) is 4.79 Å². The normalized spacial score (nSPS) is 10.3. The summed E-state index contributed by atoms with van der Waals surface area (Å²) in [6.45, 7) is 1.34. The smallest absolute Gasteiger partial charge is 0.259 e. The average molecular weight is 422 g/mol. The SMILES string of the molecule is COc1cc(NC(C)=O)c(Cl)cc1C(=O)Nc1cc(Cl)c(Cl)cc1Cl. The number of benzene rings is 2. The van der Waals surface area contributed by atoms with E-state index in [1.165, 1.54) is 38.3 Å². The summed E-state index contributed by atoms with van der Waals surface area (Å²) in [5.41, 5.74) is 0.768. The fourth-order valence-corrected chi connectivity index (χ4v) is 2.80. The first kappa shape index (κ1) is 19.7. The monoisotopic (exact) mass is 420 g/mol. The number of methoxy groups -OCH3 is 1. The van der Waals surface area contributed by atoms with Crippen molar-refractivity contribution in [2.24, 2.45) is 0 Å². The van der Waals surface area contributed by atoms with Crippen LogP contribution in [0.15, 0.2) is 24.3 Å². The Bertz CT molecular complexity index is 856. The molecule has 0 fully saturated rings. The summed E-state index contributed by atoms with van der Waals surface area (Å²) in [6, 6.07) is 5.69. The van der Waals surface area contributed by atoms with Crippen molar-refractivity contribution in [3.8, 4) is 5.75 Å². The summed E-state index contributed by atoms with van der Waals surface area (Å²) in [5, 5.41) is 6.09. The van der Waals surface area contributed by atoms with Gasteiger partial charge in [-0.1, -0.05) is 46.4 Å². The summed E-state index contributed by atoms with van der Waals surface area (Å²) < 4.78 is 5.20. The Kier molecular flexibility index (Phi) is 6.41. The van der Waals surface area contributed by atoms with Crippen LogP contribution in [-0.4, -0.2) is 18.9 Å². The average Bonchev–Trinajstić information content (AvgIpc) is 2.53. The Balaban J connectivity index is 2.37. The van der Waals surface area contributed by atoms with Gasteiger partial charge in [0.2, 0.25) is 5.91 Å². The Labute approximate surface area is 164 Å². The summed E-state index contributed by atoms with van der Waals surface area (Å²) in [5.74, 6) is -0.598. The van der Waals surface area contributed by atoms with Crippen molar-refractivity contribution in [1.29, 1.82) is 0 Å². The number of nitrogens with one attached hydrogen (secondary N) is 2. The second-order valence-corrected chi connectivity index (χ2v) is 6.54. The van der Waals surface area contributed by atoms with E-state index in [4.69, 9.17) is 51.1 Å². The lowest BCUT2D eigenvalue weighted by molar-refractivity contribution is -0.114. The number of hydrogen-bond donors (Lipinski definition) is 2. The summed E-state index contributed by atoms with van der Waals surface area (Å²) in [7, 11) is 1.39. The van der Waals surface area contributed by atoms with E-state index in [1.54, 1.807) is 0 Å². The lowest BCUT2D eigenvalue weighted by Gasteiger charge is -2.14. The highest BCUT2D eigenvalue weighted by Gasteiger charge is 2.18. The fraction of sp³-hybridized carbons (Fsp3) is 0.125. The lowest BCUT2D eigenvalue weighted by atomic mass is 10.1. The highest BCUT2D eigenvalue weighted by atomic mass is 35.5. The summed E-state index contributed by atoms with van der Waals surface area (Å²) in [6.07, 6.45) is 0. The second kappa shape index (κ2) is 8.15. The molecule has 9 heteroatoms. The van der Waals surface area contributed by atoms with E-state index in [-0.39, 0.29) is 43.0 Å². The number of hydrogen-bond acceptors (Lipinski definition) is 3. The minimum absolute atomic E-state index is 0.156. The van der Waals surface area contributed by atoms with Crippen LogP contribution in [0.25, 0.3) is 0 Å². The zero-order valence-corrected chi connectivity index (χ0v) is 16.1. The van der Waals surface area contributed by atoms with Crippen LogP contribution in [0.4, 0.5) is 11.4 Å². The molecule has 2 N–H and O–H groups in total. The molecule has 0 bridgehead atoms. The van der Waals surface area contributed by atoms with Gasteiger partial charge in [0.1, 0.15) is 5.75 Å². The standard InChI is InChI=1S/C16H12Cl4N2O3/c1-7(23)21-14-6-15(25-2)8(3-11(14)19)16(24)22-13-5-10(18)9(17)4-12(13)20/h3-6H,1-2H3,(H,21,23)(H,22,24). The molecule has 0 saturated heterocycles. The van der Waals surface area contributed by atoms with Crippen molar-refractivity contribution in [3.05, 3.63) is 49.9 Å². The zero-order chi connectivity index (χ0) is 18.7. The Morgan fingerprint density at radius 1 is 0.840 bits per heavy atom. The molecule has 0 unspecified atom stereocenters. The molecule has 0 atom stereocenters. The Morgan fingerprint density at radius 3 is 2.00 bits per heavy atom. The van der Waals surface area contributed by atoms with Crippen LogP contribution < -0.4 is 15.4 Å². The van der Waals surface area contributed by atoms with Crippen LogP contribution in [0, 0.1) is 0 Å². The molecule has 0 saturated carbocycles. The molecule has 132 valence electrons. The molecule has 2 rings (SSSR count). The number of anilines is 2. The van der Waals surface area contributed by atoms with E-state index in [0.717, 1.165) is 0 Å². The predicted octanol–water partition coefficient (Wildman–Crippen LogP) is 5.52. The quantitative estimate of drug-likeness (QED) is 0.638. The Morgan fingerprint density at radius 2 is 1.40 bits per heavy atom. The molecule has 25 heavy (non-hydrogen) atoms. The maximum absolute atomic E-state index is 12.6. The van der Waals surface area contributed by atoms with Crippen LogP contribution in [0.2, 0.25) is 20.1 Å². The third-order valence-electron chi connectivity index (χ3n) is 3.10. The number of amides is 2. The molecular formula is C16H12Cl4N2O3.